The van der Waals surface area contributed by atoms with Gasteiger partial charge in [0.05, 0.1) is 58.1 Å². The molecule has 0 bridgehead atoms. The highest BCUT2D eigenvalue weighted by molar-refractivity contribution is 7.90. The van der Waals surface area contributed by atoms with E-state index in [2.05, 4.69) is 35.4 Å². The van der Waals surface area contributed by atoms with Gasteiger partial charge in [0, 0.05) is 143 Å². The number of nitrogens with zero attached hydrogens (tertiary/aromatic N) is 5. The summed E-state index contributed by atoms with van der Waals surface area (Å²) in [6, 6.07) is -0.757. The fourth-order valence-electron chi connectivity index (χ4n) is 12.4. The number of hydrogen-bond donors (Lipinski definition) is 11. The highest BCUT2D eigenvalue weighted by Crippen LogP contribution is 2.39. The molecule has 584 valence electrons. The number of fused-ring (bicyclic) bond motifs is 6. The van der Waals surface area contributed by atoms with Crippen molar-refractivity contribution >= 4 is 82.8 Å². The van der Waals surface area contributed by atoms with Crippen molar-refractivity contribution in [1.82, 2.24) is 43.0 Å². The Morgan fingerprint density at radius 1 is 0.533 bits per heavy atom. The third-order valence-corrected chi connectivity index (χ3v) is 21.9. The lowest BCUT2D eigenvalue weighted by Gasteiger charge is -2.25. The smallest absolute Gasteiger partial charge is 0.408 e. The fraction of sp³-hybridized carbons (Fsp3) is 0.419. The number of likely N-dealkylation sites (tertiary alicyclic amines) is 2. The molecule has 6 aromatic rings. The molecule has 3 saturated heterocycles. The molecule has 107 heavy (non-hydrogen) atoms. The van der Waals surface area contributed by atoms with Crippen molar-refractivity contribution in [3.63, 3.8) is 0 Å². The average Bonchev–Trinajstić information content (AvgIpc) is 1.62. The first-order valence-electron chi connectivity index (χ1n) is 31.9. The number of rotatable bonds is 11. The van der Waals surface area contributed by atoms with Crippen LogP contribution in [-0.2, 0) is 65.5 Å². The van der Waals surface area contributed by atoms with Crippen LogP contribution < -0.4 is 73.1 Å². The number of anilines is 3. The summed E-state index contributed by atoms with van der Waals surface area (Å²) in [6.45, 7) is 4.78. The van der Waals surface area contributed by atoms with Gasteiger partial charge in [-0.25, -0.2) is 83.7 Å². The zero-order valence-corrected chi connectivity index (χ0v) is 60.1. The highest BCUT2D eigenvalue weighted by Gasteiger charge is 2.47. The Morgan fingerprint density at radius 2 is 0.860 bits per heavy atom. The van der Waals surface area contributed by atoms with Crippen LogP contribution >= 0.6 is 0 Å². The van der Waals surface area contributed by atoms with Crippen LogP contribution in [0.3, 0.4) is 0 Å². The number of ether oxygens (including phenoxy) is 4. The van der Waals surface area contributed by atoms with Gasteiger partial charge >= 0.3 is 6.09 Å². The molecule has 45 heteroatoms. The Bertz CT molecular complexity index is 4810. The number of alkyl carbamates (subject to hydrolysis) is 1. The van der Waals surface area contributed by atoms with E-state index < -0.39 is 189 Å². The van der Waals surface area contributed by atoms with E-state index in [9.17, 15) is 98.6 Å². The number of quaternary nitrogens is 1. The minimum absolute atomic E-state index is 0. The molecule has 6 aliphatic heterocycles. The van der Waals surface area contributed by atoms with Crippen molar-refractivity contribution in [3.05, 3.63) is 124 Å². The second-order valence-electron chi connectivity index (χ2n) is 26.3. The van der Waals surface area contributed by atoms with Crippen LogP contribution in [-0.4, -0.2) is 203 Å². The number of nitrogens with one attached hydrogen (secondary N) is 7. The van der Waals surface area contributed by atoms with E-state index in [0.717, 1.165) is 17.0 Å². The van der Waals surface area contributed by atoms with E-state index in [1.54, 1.807) is 20.8 Å². The summed E-state index contributed by atoms with van der Waals surface area (Å²) >= 11 is 0. The van der Waals surface area contributed by atoms with E-state index in [4.69, 9.17) is 29.8 Å². The third-order valence-electron chi connectivity index (χ3n) is 17.4. The van der Waals surface area contributed by atoms with Gasteiger partial charge in [0.15, 0.2) is 86.7 Å². The Balaban J connectivity index is 0.000000187. The largest absolute Gasteiger partial charge is 1.00 e. The Labute approximate surface area is 609 Å². The predicted octanol–water partition coefficient (Wildman–Crippen LogP) is -2.48. The molecule has 32 nitrogen and oxygen atoms in total. The first kappa shape index (κ1) is 81.8. The van der Waals surface area contributed by atoms with Gasteiger partial charge in [0.25, 0.3) is 17.7 Å². The molecule has 0 aliphatic carbocycles. The van der Waals surface area contributed by atoms with Crippen molar-refractivity contribution in [2.24, 2.45) is 44.6 Å². The molecule has 8 atom stereocenters. The van der Waals surface area contributed by atoms with Gasteiger partial charge in [-0.1, -0.05) is 0 Å². The number of sulfonamides is 3. The lowest BCUT2D eigenvalue weighted by Crippen LogP contribution is -3.00. The van der Waals surface area contributed by atoms with Crippen LogP contribution in [0.25, 0.3) is 0 Å². The molecule has 13 N–H and O–H groups in total. The van der Waals surface area contributed by atoms with Crippen LogP contribution in [0.4, 0.5) is 61.4 Å². The van der Waals surface area contributed by atoms with Gasteiger partial charge in [0.2, 0.25) is 41.9 Å². The molecule has 6 aliphatic rings. The van der Waals surface area contributed by atoms with Crippen molar-refractivity contribution in [1.29, 1.82) is 0 Å². The molecular formula is C62H70ClF9N14O18S3. The highest BCUT2D eigenvalue weighted by atomic mass is 35.5. The molecular weight excluding hydrogens is 1530 g/mol. The van der Waals surface area contributed by atoms with Crippen LogP contribution in [0, 0.1) is 70.1 Å². The molecule has 3 aromatic carbocycles. The predicted molar refractivity (Wildman–Crippen MR) is 348 cm³/mol. The number of hydrogen-bond acceptors (Lipinski definition) is 19. The Morgan fingerprint density at radius 3 is 1.19 bits per heavy atom. The SMILES string of the molecule is Cn1cc2c(c1C(=O)Nc1cc(F)c(F)c(F)c1)OCC1CN(C(=O)[C@@H](N)CO)CC1NS2(=O)=O.Cn1cc2c(c1C(=O)Nc1cc(F)c(F)c(F)c1)OCC1CN(C(=O)[C@H](CO)NC(=O)OC(C)(C)C)CC1NS2(=O)=O.Cn1cc2c(c1C(=O)Nc1cc(F)c(F)c(F)c1)OCC1C[NH2+]CC1NS2(=O)=O.[Cl-]. The number of aromatic nitrogens is 3. The van der Waals surface area contributed by atoms with Crippen molar-refractivity contribution < 1.29 is 140 Å². The number of nitrogens with two attached hydrogens (primary N) is 2. The van der Waals surface area contributed by atoms with Crippen LogP contribution in [0.2, 0.25) is 0 Å². The summed E-state index contributed by atoms with van der Waals surface area (Å²) in [5.41, 5.74) is 2.91. The van der Waals surface area contributed by atoms with Gasteiger partial charge < -0.3 is 97.4 Å². The van der Waals surface area contributed by atoms with E-state index in [1.807, 2.05) is 5.32 Å². The maximum absolute atomic E-state index is 13.6. The van der Waals surface area contributed by atoms with Crippen LogP contribution in [0.5, 0.6) is 17.2 Å². The van der Waals surface area contributed by atoms with Gasteiger partial charge in [-0.2, -0.15) is 0 Å². The maximum atomic E-state index is 13.6. The number of amides is 6. The first-order valence-corrected chi connectivity index (χ1v) is 36.3. The van der Waals surface area contributed by atoms with Crippen molar-refractivity contribution in [2.45, 2.75) is 71.3 Å². The van der Waals surface area contributed by atoms with E-state index >= 15 is 0 Å². The number of aryl methyl sites for hydroxylation is 3. The number of halogens is 10. The monoisotopic (exact) mass is 1600 g/mol. The average molecular weight is 1600 g/mol. The van der Waals surface area contributed by atoms with Crippen molar-refractivity contribution in [3.8, 4) is 17.2 Å². The Kier molecular flexibility index (Phi) is 24.4. The molecule has 6 amide bonds. The minimum Gasteiger partial charge on any atom is -1.00 e. The first-order chi connectivity index (χ1) is 49.6. The van der Waals surface area contributed by atoms with Crippen LogP contribution in [0.1, 0.15) is 52.2 Å². The topological polar surface area (TPSA) is 430 Å². The second-order valence-corrected chi connectivity index (χ2v) is 31.3. The molecule has 0 radical (unpaired) electrons. The fourth-order valence-corrected chi connectivity index (χ4v) is 16.9. The van der Waals surface area contributed by atoms with E-state index in [0.29, 0.717) is 49.5 Å². The molecule has 3 aromatic heterocycles. The summed E-state index contributed by atoms with van der Waals surface area (Å²) in [4.78, 5) is 77.9. The summed E-state index contributed by atoms with van der Waals surface area (Å²) in [5, 5.41) is 29.8. The summed E-state index contributed by atoms with van der Waals surface area (Å²) < 4.78 is 233. The second kappa shape index (κ2) is 31.9. The van der Waals surface area contributed by atoms with Gasteiger partial charge in [-0.15, -0.1) is 0 Å². The molecule has 12 rings (SSSR count). The number of carbonyl (C=O) groups is 6. The standard InChI is InChI=1S/C25H30F3N5O8S.C20H22F3N5O6S.C17H17F3N4O4S.ClH/c1-25(2,3)41-24(37)30-17(10-34)23(36)33-7-12-11-40-21-18(42(38,39)31-16(12)8-33)9-32(4)20(21)22(35)29-13-5-14(26)19(28)15(27)6-13;1-27-6-15-18(17(27)19(30)25-10-2-11(21)16(23)12(22)3-10)34-8-9-4-28(20(31)13(24)7-29)5-14(9)26-35(15,32)33;1-24-6-13-16(28-7-8-4-21-5-12(8)23-29(13,26)27)15(24)17(25)22-9-2-10(18)14(20)11(19)3-9;/h5-6,9,12,16-17,31,34H,7-8,10-11H2,1-4H3,(H,29,35)(H,30,37);2-3,6,9,13-14,26,29H,4-5,7-8,24H2,1H3,(H,25,30);2-3,6,8,12,21,23H,4-5,7H2,1H3,(H,22,25);1H/t12?,16?,17-;9?,13-,14?;;/m00../s1. The van der Waals surface area contributed by atoms with Gasteiger partial charge in [-0.3, -0.25) is 24.0 Å². The third kappa shape index (κ3) is 17.7. The summed E-state index contributed by atoms with van der Waals surface area (Å²) in [5.74, 6) is -20.1. The molecule has 3 fully saturated rings. The number of aliphatic hydroxyl groups excluding tert-OH is 2. The quantitative estimate of drug-likeness (QED) is 0.0473. The van der Waals surface area contributed by atoms with E-state index in [1.165, 1.54) is 46.3 Å². The van der Waals surface area contributed by atoms with Gasteiger partial charge in [-0.05, 0) is 20.8 Å². The molecule has 6 unspecified atom stereocenters. The van der Waals surface area contributed by atoms with Crippen molar-refractivity contribution in [2.75, 3.05) is 88.3 Å². The number of benzene rings is 3. The Hall–Kier alpha value is -9.25. The molecule has 9 heterocycles. The zero-order chi connectivity index (χ0) is 77.7. The number of aliphatic hydroxyl groups is 2. The normalized spacial score (nSPS) is 21.3. The van der Waals surface area contributed by atoms with E-state index in [-0.39, 0.29) is 120 Å². The maximum Gasteiger partial charge on any atom is 0.408 e. The number of carbonyl (C=O) groups excluding carboxylic acids is 6. The van der Waals surface area contributed by atoms with Crippen LogP contribution in [0.15, 0.2) is 69.7 Å². The molecule has 0 spiro atoms. The summed E-state index contributed by atoms with van der Waals surface area (Å²) in [6.07, 6.45) is 2.57. The molecule has 0 saturated carbocycles. The minimum atomic E-state index is -4.32. The zero-order valence-electron chi connectivity index (χ0n) is 56.9. The van der Waals surface area contributed by atoms with Gasteiger partial charge in [0.1, 0.15) is 32.4 Å². The summed E-state index contributed by atoms with van der Waals surface area (Å²) in [7, 11) is -8.31. The lowest BCUT2D eigenvalue weighted by molar-refractivity contribution is -0.638. The lowest BCUT2D eigenvalue weighted by atomic mass is 10.1.